The summed E-state index contributed by atoms with van der Waals surface area (Å²) in [5.41, 5.74) is 3.42. The van der Waals surface area contributed by atoms with Gasteiger partial charge in [-0.1, -0.05) is 48.5 Å². The van der Waals surface area contributed by atoms with Crippen molar-refractivity contribution < 1.29 is 14.3 Å². The number of anilines is 1. The number of piperidine rings is 1. The third kappa shape index (κ3) is 6.51. The summed E-state index contributed by atoms with van der Waals surface area (Å²) < 4.78 is 8.08. The van der Waals surface area contributed by atoms with Crippen LogP contribution in [0, 0.1) is 0 Å². The van der Waals surface area contributed by atoms with Crippen molar-refractivity contribution in [3.05, 3.63) is 83.9 Å². The van der Waals surface area contributed by atoms with E-state index in [1.54, 1.807) is 0 Å². The SMILES string of the molecule is O=C(CCC(=O)N1CCc2ccccc21)N1CCC(c2nccn2CCCCOCc2ccccc2)CC1. The van der Waals surface area contributed by atoms with Crippen molar-refractivity contribution in [2.24, 2.45) is 0 Å². The molecule has 2 aliphatic heterocycles. The molecule has 1 fully saturated rings. The largest absolute Gasteiger partial charge is 0.377 e. The van der Waals surface area contributed by atoms with Crippen molar-refractivity contribution in [3.8, 4) is 0 Å². The molecule has 7 heteroatoms. The summed E-state index contributed by atoms with van der Waals surface area (Å²) in [6.07, 6.45) is 9.29. The molecule has 0 radical (unpaired) electrons. The van der Waals surface area contributed by atoms with Crippen LogP contribution in [0.2, 0.25) is 0 Å². The number of carbonyl (C=O) groups excluding carboxylic acids is 2. The molecule has 3 aromatic rings. The van der Waals surface area contributed by atoms with Crippen LogP contribution in [0.1, 0.15) is 61.4 Å². The number of fused-ring (bicyclic) bond motifs is 1. The Labute approximate surface area is 225 Å². The average Bonchev–Trinajstić information content (AvgIpc) is 3.61. The average molecular weight is 515 g/mol. The van der Waals surface area contributed by atoms with Gasteiger partial charge in [-0.05, 0) is 49.3 Å². The Bertz CT molecular complexity index is 1200. The van der Waals surface area contributed by atoms with E-state index >= 15 is 0 Å². The van der Waals surface area contributed by atoms with Gasteiger partial charge in [0.15, 0.2) is 0 Å². The highest BCUT2D eigenvalue weighted by Crippen LogP contribution is 2.29. The van der Waals surface area contributed by atoms with Gasteiger partial charge in [0.1, 0.15) is 5.82 Å². The second kappa shape index (κ2) is 12.9. The minimum atomic E-state index is 0.0469. The van der Waals surface area contributed by atoms with Gasteiger partial charge in [0, 0.05) is 69.6 Å². The maximum absolute atomic E-state index is 12.9. The molecule has 0 bridgehead atoms. The molecule has 2 aliphatic rings. The molecule has 0 aliphatic carbocycles. The van der Waals surface area contributed by atoms with Crippen molar-refractivity contribution >= 4 is 17.5 Å². The lowest BCUT2D eigenvalue weighted by Crippen LogP contribution is -2.39. The summed E-state index contributed by atoms with van der Waals surface area (Å²) in [7, 11) is 0. The van der Waals surface area contributed by atoms with E-state index in [2.05, 4.69) is 33.9 Å². The maximum atomic E-state index is 12.9. The summed E-state index contributed by atoms with van der Waals surface area (Å²) in [5.74, 6) is 1.63. The molecule has 5 rings (SSSR count). The van der Waals surface area contributed by atoms with Crippen molar-refractivity contribution in [2.45, 2.75) is 64.0 Å². The Kier molecular flexibility index (Phi) is 8.86. The second-order valence-corrected chi connectivity index (χ2v) is 10.3. The first-order valence-electron chi connectivity index (χ1n) is 14.0. The molecular weight excluding hydrogens is 476 g/mol. The summed E-state index contributed by atoms with van der Waals surface area (Å²) in [6.45, 7) is 4.52. The first kappa shape index (κ1) is 26.2. The number of para-hydroxylation sites is 1. The van der Waals surface area contributed by atoms with Crippen molar-refractivity contribution in [1.82, 2.24) is 14.5 Å². The first-order chi connectivity index (χ1) is 18.7. The molecule has 0 N–H and O–H groups in total. The van der Waals surface area contributed by atoms with E-state index in [1.807, 2.05) is 52.4 Å². The molecule has 7 nitrogen and oxygen atoms in total. The van der Waals surface area contributed by atoms with Crippen LogP contribution < -0.4 is 4.90 Å². The van der Waals surface area contributed by atoms with Crippen LogP contribution in [0.4, 0.5) is 5.69 Å². The van der Waals surface area contributed by atoms with Crippen molar-refractivity contribution in [2.75, 3.05) is 31.1 Å². The molecule has 2 aromatic carbocycles. The summed E-state index contributed by atoms with van der Waals surface area (Å²) >= 11 is 0. The van der Waals surface area contributed by atoms with Crippen LogP contribution in [-0.2, 0) is 33.9 Å². The van der Waals surface area contributed by atoms with Crippen LogP contribution in [0.3, 0.4) is 0 Å². The molecule has 1 aromatic heterocycles. The third-order valence-electron chi connectivity index (χ3n) is 7.75. The number of ether oxygens (including phenoxy) is 1. The monoisotopic (exact) mass is 514 g/mol. The maximum Gasteiger partial charge on any atom is 0.227 e. The van der Waals surface area contributed by atoms with E-state index in [9.17, 15) is 9.59 Å². The number of likely N-dealkylation sites (tertiary alicyclic amines) is 1. The van der Waals surface area contributed by atoms with Crippen LogP contribution in [0.25, 0.3) is 0 Å². The smallest absolute Gasteiger partial charge is 0.227 e. The highest BCUT2D eigenvalue weighted by molar-refractivity contribution is 5.97. The Morgan fingerprint density at radius 3 is 2.50 bits per heavy atom. The van der Waals surface area contributed by atoms with E-state index in [4.69, 9.17) is 4.74 Å². The zero-order valence-corrected chi connectivity index (χ0v) is 22.1. The van der Waals surface area contributed by atoms with Crippen LogP contribution in [0.5, 0.6) is 0 Å². The van der Waals surface area contributed by atoms with Gasteiger partial charge in [-0.15, -0.1) is 0 Å². The second-order valence-electron chi connectivity index (χ2n) is 10.3. The minimum Gasteiger partial charge on any atom is -0.377 e. The lowest BCUT2D eigenvalue weighted by atomic mass is 9.95. The molecule has 3 heterocycles. The normalized spacial score (nSPS) is 15.6. The lowest BCUT2D eigenvalue weighted by molar-refractivity contribution is -0.134. The third-order valence-corrected chi connectivity index (χ3v) is 7.75. The number of amides is 2. The summed E-state index contributed by atoms with van der Waals surface area (Å²) in [5, 5.41) is 0. The van der Waals surface area contributed by atoms with Gasteiger partial charge in [0.25, 0.3) is 0 Å². The van der Waals surface area contributed by atoms with Crippen molar-refractivity contribution in [1.29, 1.82) is 0 Å². The zero-order valence-electron chi connectivity index (χ0n) is 22.1. The van der Waals surface area contributed by atoms with Gasteiger partial charge in [-0.3, -0.25) is 9.59 Å². The van der Waals surface area contributed by atoms with Crippen LogP contribution in [0.15, 0.2) is 67.0 Å². The summed E-state index contributed by atoms with van der Waals surface area (Å²) in [4.78, 5) is 34.1. The number of hydrogen-bond acceptors (Lipinski definition) is 4. The molecule has 0 saturated carbocycles. The minimum absolute atomic E-state index is 0.0469. The number of benzene rings is 2. The number of nitrogens with zero attached hydrogens (tertiary/aromatic N) is 4. The number of imidazole rings is 1. The van der Waals surface area contributed by atoms with Gasteiger partial charge in [0.05, 0.1) is 6.61 Å². The molecule has 0 spiro atoms. The molecule has 0 atom stereocenters. The fourth-order valence-corrected chi connectivity index (χ4v) is 5.61. The standard InChI is InChI=1S/C31H38N4O3/c36-29(12-13-30(37)35-21-16-26-10-4-5-11-28(26)35)33-19-14-27(15-20-33)31-32-17-22-34(31)18-6-7-23-38-24-25-8-2-1-3-9-25/h1-5,8-11,17,22,27H,6-7,12-16,18-21,23-24H2. The number of hydrogen-bond donors (Lipinski definition) is 0. The lowest BCUT2D eigenvalue weighted by Gasteiger charge is -2.32. The predicted molar refractivity (Wildman–Crippen MR) is 148 cm³/mol. The molecule has 1 saturated heterocycles. The van der Waals surface area contributed by atoms with Gasteiger partial charge in [-0.2, -0.15) is 0 Å². The number of aromatic nitrogens is 2. The Hall–Kier alpha value is -3.45. The van der Waals surface area contributed by atoms with Crippen molar-refractivity contribution in [3.63, 3.8) is 0 Å². The quantitative estimate of drug-likeness (QED) is 0.340. The number of carbonyl (C=O) groups is 2. The number of aryl methyl sites for hydroxylation is 1. The molecular formula is C31H38N4O3. The van der Waals surface area contributed by atoms with Gasteiger partial charge in [-0.25, -0.2) is 4.98 Å². The van der Waals surface area contributed by atoms with E-state index in [-0.39, 0.29) is 24.7 Å². The Morgan fingerprint density at radius 2 is 1.66 bits per heavy atom. The van der Waals surface area contributed by atoms with E-state index in [0.29, 0.717) is 19.1 Å². The van der Waals surface area contributed by atoms with Gasteiger partial charge < -0.3 is 19.1 Å². The number of rotatable bonds is 11. The van der Waals surface area contributed by atoms with E-state index < -0.39 is 0 Å². The predicted octanol–water partition coefficient (Wildman–Crippen LogP) is 4.96. The topological polar surface area (TPSA) is 67.7 Å². The van der Waals surface area contributed by atoms with Crippen LogP contribution >= 0.6 is 0 Å². The Balaban J connectivity index is 1.01. The number of unbranched alkanes of at least 4 members (excludes halogenated alkanes) is 1. The zero-order chi connectivity index (χ0) is 26.2. The van der Waals surface area contributed by atoms with Gasteiger partial charge >= 0.3 is 0 Å². The fourth-order valence-electron chi connectivity index (χ4n) is 5.61. The molecule has 38 heavy (non-hydrogen) atoms. The highest BCUT2D eigenvalue weighted by Gasteiger charge is 2.28. The van der Waals surface area contributed by atoms with E-state index in [0.717, 1.165) is 69.9 Å². The molecule has 200 valence electrons. The fraction of sp³-hybridized carbons (Fsp3) is 0.452. The summed E-state index contributed by atoms with van der Waals surface area (Å²) in [6, 6.07) is 18.3. The first-order valence-corrected chi connectivity index (χ1v) is 14.0. The molecule has 2 amide bonds. The van der Waals surface area contributed by atoms with Crippen LogP contribution in [-0.4, -0.2) is 52.5 Å². The molecule has 0 unspecified atom stereocenters. The highest BCUT2D eigenvalue weighted by atomic mass is 16.5. The Morgan fingerprint density at radius 1 is 0.895 bits per heavy atom. The van der Waals surface area contributed by atoms with E-state index in [1.165, 1.54) is 11.1 Å². The van der Waals surface area contributed by atoms with Gasteiger partial charge in [0.2, 0.25) is 11.8 Å².